The van der Waals surface area contributed by atoms with Gasteiger partial charge in [-0.2, -0.15) is 4.31 Å². The smallest absolute Gasteiger partial charge is 0.481 e. The van der Waals surface area contributed by atoms with Crippen LogP contribution in [-0.4, -0.2) is 55.3 Å². The summed E-state index contributed by atoms with van der Waals surface area (Å²) in [4.78, 5) is 12.9. The van der Waals surface area contributed by atoms with Crippen molar-refractivity contribution >= 4 is 21.7 Å². The zero-order chi connectivity index (χ0) is 23.7. The highest BCUT2D eigenvalue weighted by atomic mass is 32.2. The van der Waals surface area contributed by atoms with Crippen LogP contribution in [-0.2, 0) is 21.2 Å². The van der Waals surface area contributed by atoms with Crippen LogP contribution in [0.4, 0.5) is 18.9 Å². The second-order valence-electron chi connectivity index (χ2n) is 7.70. The van der Waals surface area contributed by atoms with E-state index in [1.807, 2.05) is 4.90 Å². The van der Waals surface area contributed by atoms with E-state index in [-0.39, 0.29) is 17.1 Å². The van der Waals surface area contributed by atoms with E-state index < -0.39 is 34.4 Å². The summed E-state index contributed by atoms with van der Waals surface area (Å²) in [6.45, 7) is 4.17. The highest BCUT2D eigenvalue weighted by Crippen LogP contribution is 2.30. The lowest BCUT2D eigenvalue weighted by molar-refractivity contribution is -0.274. The molecule has 1 N–H and O–H groups in total. The normalized spacial score (nSPS) is 20.2. The number of ether oxygens (including phenoxy) is 1. The first-order chi connectivity index (χ1) is 14.9. The average molecular weight is 472 g/mol. The van der Waals surface area contributed by atoms with Crippen molar-refractivity contribution in [3.63, 3.8) is 0 Å². The van der Waals surface area contributed by atoms with Crippen molar-refractivity contribution in [3.05, 3.63) is 54.1 Å². The lowest BCUT2D eigenvalue weighted by Crippen LogP contribution is -2.58. The summed E-state index contributed by atoms with van der Waals surface area (Å²) in [5.74, 6) is -1.38. The number of alkyl halides is 3. The minimum atomic E-state index is -4.77. The molecule has 174 valence electrons. The minimum absolute atomic E-state index is 0.0250. The predicted octanol–water partition coefficient (Wildman–Crippen LogP) is 3.50. The van der Waals surface area contributed by atoms with Gasteiger partial charge < -0.3 is 14.7 Å². The minimum Gasteiger partial charge on any atom is -0.481 e. The Balaban J connectivity index is 1.78. The van der Waals surface area contributed by atoms with Gasteiger partial charge in [0.25, 0.3) is 0 Å². The molecule has 1 heterocycles. The number of piperazine rings is 1. The molecule has 1 saturated heterocycles. The third kappa shape index (κ3) is 5.52. The fourth-order valence-corrected chi connectivity index (χ4v) is 5.84. The fourth-order valence-electron chi connectivity index (χ4n) is 3.96. The topological polar surface area (TPSA) is 87.2 Å². The maximum absolute atomic E-state index is 13.3. The van der Waals surface area contributed by atoms with Crippen LogP contribution in [0.25, 0.3) is 0 Å². The van der Waals surface area contributed by atoms with E-state index in [9.17, 15) is 26.4 Å². The van der Waals surface area contributed by atoms with Gasteiger partial charge in [-0.15, -0.1) is 13.2 Å². The highest BCUT2D eigenvalue weighted by molar-refractivity contribution is 7.89. The monoisotopic (exact) mass is 472 g/mol. The molecule has 0 aromatic heterocycles. The number of carboxylic acids is 1. The van der Waals surface area contributed by atoms with Gasteiger partial charge in [-0.3, -0.25) is 4.79 Å². The van der Waals surface area contributed by atoms with E-state index in [4.69, 9.17) is 5.11 Å². The Labute approximate surface area is 184 Å². The maximum Gasteiger partial charge on any atom is 0.573 e. The van der Waals surface area contributed by atoms with Gasteiger partial charge in [0.15, 0.2) is 0 Å². The molecule has 7 nitrogen and oxygen atoms in total. The molecule has 2 aromatic rings. The third-order valence-electron chi connectivity index (χ3n) is 5.10. The summed E-state index contributed by atoms with van der Waals surface area (Å²) in [5.41, 5.74) is 1.04. The number of rotatable bonds is 6. The number of benzene rings is 2. The van der Waals surface area contributed by atoms with Gasteiger partial charge >= 0.3 is 12.3 Å². The summed E-state index contributed by atoms with van der Waals surface area (Å²) in [6, 6.07) is 10.5. The lowest BCUT2D eigenvalue weighted by Gasteiger charge is -2.44. The van der Waals surface area contributed by atoms with Gasteiger partial charge in [0.05, 0.1) is 11.3 Å². The van der Waals surface area contributed by atoms with Crippen LogP contribution in [0.5, 0.6) is 5.75 Å². The van der Waals surface area contributed by atoms with Crippen molar-refractivity contribution in [3.8, 4) is 5.75 Å². The first kappa shape index (κ1) is 23.9. The molecule has 2 aromatic carbocycles. The molecule has 0 amide bonds. The zero-order valence-corrected chi connectivity index (χ0v) is 18.2. The second kappa shape index (κ2) is 8.99. The van der Waals surface area contributed by atoms with Gasteiger partial charge in [0, 0.05) is 30.9 Å². The molecule has 11 heteroatoms. The van der Waals surface area contributed by atoms with Crippen molar-refractivity contribution in [2.75, 3.05) is 18.0 Å². The molecule has 32 heavy (non-hydrogen) atoms. The number of nitrogens with zero attached hydrogens (tertiary/aromatic N) is 2. The predicted molar refractivity (Wildman–Crippen MR) is 111 cm³/mol. The van der Waals surface area contributed by atoms with Crippen molar-refractivity contribution in [1.29, 1.82) is 0 Å². The molecule has 0 aliphatic carbocycles. The summed E-state index contributed by atoms with van der Waals surface area (Å²) >= 11 is 0. The van der Waals surface area contributed by atoms with E-state index in [2.05, 4.69) is 4.74 Å². The highest BCUT2D eigenvalue weighted by Gasteiger charge is 2.38. The quantitative estimate of drug-likeness (QED) is 0.693. The number of halogens is 3. The van der Waals surface area contributed by atoms with Crippen molar-refractivity contribution in [2.45, 2.75) is 43.6 Å². The molecule has 2 atom stereocenters. The molecule has 1 fully saturated rings. The van der Waals surface area contributed by atoms with Crippen LogP contribution in [0.2, 0.25) is 0 Å². The van der Waals surface area contributed by atoms with Crippen LogP contribution in [0.3, 0.4) is 0 Å². The molecular formula is C21H23F3N2O5S. The number of hydrogen-bond acceptors (Lipinski definition) is 5. The van der Waals surface area contributed by atoms with Crippen molar-refractivity contribution < 1.29 is 36.2 Å². The Morgan fingerprint density at radius 1 is 1.09 bits per heavy atom. The molecule has 3 rings (SSSR count). The summed E-state index contributed by atoms with van der Waals surface area (Å²) in [6.07, 6.45) is -5.05. The van der Waals surface area contributed by atoms with Gasteiger partial charge in [-0.05, 0) is 55.8 Å². The Hall–Kier alpha value is -2.79. The average Bonchev–Trinajstić information content (AvgIpc) is 2.66. The number of hydrogen-bond donors (Lipinski definition) is 1. The fraction of sp³-hybridized carbons (Fsp3) is 0.381. The van der Waals surface area contributed by atoms with Gasteiger partial charge in [-0.1, -0.05) is 12.1 Å². The Morgan fingerprint density at radius 3 is 2.22 bits per heavy atom. The first-order valence-corrected chi connectivity index (χ1v) is 11.3. The zero-order valence-electron chi connectivity index (χ0n) is 17.4. The SMILES string of the molecule is CC1CN(c2ccc(OC(F)(F)F)cc2)CC(C)N1S(=O)(=O)c1cccc(CC(=O)O)c1. The number of aliphatic carboxylic acids is 1. The van der Waals surface area contributed by atoms with E-state index in [0.29, 0.717) is 24.3 Å². The Morgan fingerprint density at radius 2 is 1.69 bits per heavy atom. The van der Waals surface area contributed by atoms with Crippen LogP contribution in [0, 0.1) is 0 Å². The van der Waals surface area contributed by atoms with Crippen LogP contribution in [0.15, 0.2) is 53.4 Å². The molecule has 1 aliphatic rings. The Kier molecular flexibility index (Phi) is 6.70. The van der Waals surface area contributed by atoms with E-state index in [1.54, 1.807) is 19.9 Å². The summed E-state index contributed by atoms with van der Waals surface area (Å²) in [7, 11) is -3.88. The van der Waals surface area contributed by atoms with Gasteiger partial charge in [0.2, 0.25) is 10.0 Å². The second-order valence-corrected chi connectivity index (χ2v) is 9.54. The molecule has 0 radical (unpaired) electrons. The lowest BCUT2D eigenvalue weighted by atomic mass is 10.1. The molecule has 0 spiro atoms. The summed E-state index contributed by atoms with van der Waals surface area (Å²) < 4.78 is 69.0. The molecule has 0 bridgehead atoms. The number of sulfonamides is 1. The number of anilines is 1. The molecule has 1 aliphatic heterocycles. The van der Waals surface area contributed by atoms with Crippen molar-refractivity contribution in [1.82, 2.24) is 4.31 Å². The maximum atomic E-state index is 13.3. The van der Waals surface area contributed by atoms with E-state index in [1.165, 1.54) is 46.8 Å². The summed E-state index contributed by atoms with van der Waals surface area (Å²) in [5, 5.41) is 8.97. The van der Waals surface area contributed by atoms with Crippen molar-refractivity contribution in [2.24, 2.45) is 0 Å². The number of carbonyl (C=O) groups is 1. The third-order valence-corrected chi connectivity index (χ3v) is 7.23. The van der Waals surface area contributed by atoms with Gasteiger partial charge in [-0.25, -0.2) is 8.42 Å². The molecule has 2 unspecified atom stereocenters. The van der Waals surface area contributed by atoms with Crippen LogP contribution < -0.4 is 9.64 Å². The van der Waals surface area contributed by atoms with E-state index in [0.717, 1.165) is 0 Å². The first-order valence-electron chi connectivity index (χ1n) is 9.82. The van der Waals surface area contributed by atoms with Gasteiger partial charge in [0.1, 0.15) is 5.75 Å². The molecular weight excluding hydrogens is 449 g/mol. The van der Waals surface area contributed by atoms with E-state index >= 15 is 0 Å². The largest absolute Gasteiger partial charge is 0.573 e. The van der Waals surface area contributed by atoms with Crippen LogP contribution >= 0.6 is 0 Å². The Bertz CT molecular complexity index is 1060. The van der Waals surface area contributed by atoms with Crippen LogP contribution in [0.1, 0.15) is 19.4 Å². The molecule has 0 saturated carbocycles. The standard InChI is InChI=1S/C21H23F3N2O5S/c1-14-12-25(17-6-8-18(9-7-17)31-21(22,23)24)13-15(2)26(14)32(29,30)19-5-3-4-16(10-19)11-20(27)28/h3-10,14-15H,11-13H2,1-2H3,(H,27,28). The number of carboxylic acid groups (broad SMARTS) is 1.